The Bertz CT molecular complexity index is 401. The molecule has 3 heteroatoms. The van der Waals surface area contributed by atoms with Crippen molar-refractivity contribution in [2.45, 2.75) is 6.42 Å². The van der Waals surface area contributed by atoms with Gasteiger partial charge in [0.05, 0.1) is 0 Å². The van der Waals surface area contributed by atoms with Gasteiger partial charge in [0.15, 0.2) is 0 Å². The second-order valence-electron chi connectivity index (χ2n) is 2.96. The first-order valence-electron chi connectivity index (χ1n) is 4.22. The number of thiophene rings is 1. The van der Waals surface area contributed by atoms with Gasteiger partial charge in [0.2, 0.25) is 0 Å². The fraction of sp³-hybridized carbons (Fsp3) is 0.0909. The molecule has 0 bridgehead atoms. The van der Waals surface area contributed by atoms with Crippen LogP contribution in [-0.4, -0.2) is 0 Å². The highest BCUT2D eigenvalue weighted by Gasteiger charge is 2.08. The zero-order valence-electron chi connectivity index (χ0n) is 7.34. The first kappa shape index (κ1) is 9.34. The summed E-state index contributed by atoms with van der Waals surface area (Å²) in [6, 6.07) is 7.69. The molecule has 14 heavy (non-hydrogen) atoms. The quantitative estimate of drug-likeness (QED) is 0.710. The fourth-order valence-corrected chi connectivity index (χ4v) is 2.01. The maximum Gasteiger partial charge on any atom is 0.129 e. The summed E-state index contributed by atoms with van der Waals surface area (Å²) >= 11 is 1.50. The largest absolute Gasteiger partial charge is 0.207 e. The van der Waals surface area contributed by atoms with E-state index < -0.39 is 11.6 Å². The van der Waals surface area contributed by atoms with Gasteiger partial charge in [0, 0.05) is 16.9 Å². The molecule has 0 saturated carbocycles. The SMILES string of the molecule is Fc1cccc(F)c1Cc1cccs1. The molecule has 0 radical (unpaired) electrons. The summed E-state index contributed by atoms with van der Waals surface area (Å²) in [5, 5.41) is 1.90. The van der Waals surface area contributed by atoms with Crippen molar-refractivity contribution in [1.82, 2.24) is 0 Å². The molecule has 1 aromatic carbocycles. The van der Waals surface area contributed by atoms with Gasteiger partial charge in [-0.3, -0.25) is 0 Å². The van der Waals surface area contributed by atoms with Crippen LogP contribution in [0.2, 0.25) is 0 Å². The summed E-state index contributed by atoms with van der Waals surface area (Å²) in [6.07, 6.45) is 0.330. The Kier molecular flexibility index (Phi) is 2.59. The van der Waals surface area contributed by atoms with Crippen LogP contribution in [-0.2, 0) is 6.42 Å². The molecule has 0 saturated heterocycles. The molecule has 0 spiro atoms. The van der Waals surface area contributed by atoms with Crippen LogP contribution >= 0.6 is 11.3 Å². The zero-order chi connectivity index (χ0) is 9.97. The molecule has 1 heterocycles. The van der Waals surface area contributed by atoms with Gasteiger partial charge >= 0.3 is 0 Å². The molecule has 0 unspecified atom stereocenters. The van der Waals surface area contributed by atoms with Crippen LogP contribution in [0.3, 0.4) is 0 Å². The van der Waals surface area contributed by atoms with E-state index in [-0.39, 0.29) is 5.56 Å². The standard InChI is InChI=1S/C11H8F2S/c12-10-4-1-5-11(13)9(10)7-8-3-2-6-14-8/h1-6H,7H2. The summed E-state index contributed by atoms with van der Waals surface area (Å²) in [5.41, 5.74) is 0.148. The van der Waals surface area contributed by atoms with Gasteiger partial charge < -0.3 is 0 Å². The van der Waals surface area contributed by atoms with Crippen LogP contribution in [0.5, 0.6) is 0 Å². The minimum atomic E-state index is -0.474. The number of hydrogen-bond donors (Lipinski definition) is 0. The van der Waals surface area contributed by atoms with E-state index in [4.69, 9.17) is 0 Å². The molecule has 1 aromatic heterocycles. The van der Waals surface area contributed by atoms with E-state index in [1.165, 1.54) is 29.5 Å². The monoisotopic (exact) mass is 210 g/mol. The Balaban J connectivity index is 2.33. The van der Waals surface area contributed by atoms with Crippen molar-refractivity contribution < 1.29 is 8.78 Å². The number of hydrogen-bond acceptors (Lipinski definition) is 1. The van der Waals surface area contributed by atoms with E-state index in [0.717, 1.165) is 4.88 Å². The molecule has 2 rings (SSSR count). The van der Waals surface area contributed by atoms with Gasteiger partial charge in [-0.15, -0.1) is 11.3 Å². The topological polar surface area (TPSA) is 0 Å². The highest BCUT2D eigenvalue weighted by atomic mass is 32.1. The summed E-state index contributed by atoms with van der Waals surface area (Å²) < 4.78 is 26.4. The third-order valence-corrected chi connectivity index (χ3v) is 2.87. The van der Waals surface area contributed by atoms with Crippen molar-refractivity contribution in [1.29, 1.82) is 0 Å². The van der Waals surface area contributed by atoms with Gasteiger partial charge in [-0.05, 0) is 23.6 Å². The molecule has 0 atom stereocenters. The third kappa shape index (κ3) is 1.82. The van der Waals surface area contributed by atoms with Crippen LogP contribution in [0.4, 0.5) is 8.78 Å². The van der Waals surface area contributed by atoms with E-state index >= 15 is 0 Å². The molecule has 0 amide bonds. The van der Waals surface area contributed by atoms with E-state index in [1.54, 1.807) is 0 Å². The lowest BCUT2D eigenvalue weighted by Crippen LogP contribution is -1.94. The van der Waals surface area contributed by atoms with Crippen molar-refractivity contribution in [2.75, 3.05) is 0 Å². The van der Waals surface area contributed by atoms with Gasteiger partial charge in [0.25, 0.3) is 0 Å². The molecule has 72 valence electrons. The predicted molar refractivity (Wildman–Crippen MR) is 53.5 cm³/mol. The first-order valence-corrected chi connectivity index (χ1v) is 5.10. The van der Waals surface area contributed by atoms with Crippen LogP contribution < -0.4 is 0 Å². The summed E-state index contributed by atoms with van der Waals surface area (Å²) in [5.74, 6) is -0.947. The van der Waals surface area contributed by atoms with Crippen molar-refractivity contribution in [3.8, 4) is 0 Å². The zero-order valence-corrected chi connectivity index (χ0v) is 8.15. The third-order valence-electron chi connectivity index (χ3n) is 1.99. The van der Waals surface area contributed by atoms with Gasteiger partial charge in [-0.2, -0.15) is 0 Å². The van der Waals surface area contributed by atoms with Crippen LogP contribution in [0.1, 0.15) is 10.4 Å². The number of halogens is 2. The van der Waals surface area contributed by atoms with Gasteiger partial charge in [-0.25, -0.2) is 8.78 Å². The molecule has 2 aromatic rings. The highest BCUT2D eigenvalue weighted by molar-refractivity contribution is 7.09. The molecule has 0 aliphatic heterocycles. The van der Waals surface area contributed by atoms with Crippen LogP contribution in [0.25, 0.3) is 0 Å². The van der Waals surface area contributed by atoms with E-state index in [9.17, 15) is 8.78 Å². The lowest BCUT2D eigenvalue weighted by atomic mass is 10.1. The molecule has 0 N–H and O–H groups in total. The molecular formula is C11H8F2S. The Morgan fingerprint density at radius 3 is 2.29 bits per heavy atom. The van der Waals surface area contributed by atoms with Crippen LogP contribution in [0, 0.1) is 11.6 Å². The van der Waals surface area contributed by atoms with E-state index in [2.05, 4.69) is 0 Å². The second kappa shape index (κ2) is 3.88. The van der Waals surface area contributed by atoms with Gasteiger partial charge in [0.1, 0.15) is 11.6 Å². The molecule has 0 aliphatic rings. The normalized spacial score (nSPS) is 10.4. The lowest BCUT2D eigenvalue weighted by molar-refractivity contribution is 0.562. The Hall–Kier alpha value is -1.22. The number of rotatable bonds is 2. The van der Waals surface area contributed by atoms with E-state index in [0.29, 0.717) is 6.42 Å². The maximum atomic E-state index is 13.2. The first-order chi connectivity index (χ1) is 6.77. The lowest BCUT2D eigenvalue weighted by Gasteiger charge is -2.02. The van der Waals surface area contributed by atoms with Gasteiger partial charge in [-0.1, -0.05) is 12.1 Å². The average Bonchev–Trinajstić information content (AvgIpc) is 2.64. The molecule has 0 aliphatic carbocycles. The van der Waals surface area contributed by atoms with Crippen molar-refractivity contribution in [3.05, 3.63) is 57.8 Å². The minimum absolute atomic E-state index is 0.148. The number of benzene rings is 1. The van der Waals surface area contributed by atoms with Crippen LogP contribution in [0.15, 0.2) is 35.7 Å². The van der Waals surface area contributed by atoms with Crippen molar-refractivity contribution in [3.63, 3.8) is 0 Å². The molecule has 0 fully saturated rings. The highest BCUT2D eigenvalue weighted by Crippen LogP contribution is 2.19. The fourth-order valence-electron chi connectivity index (χ4n) is 1.29. The Morgan fingerprint density at radius 2 is 1.71 bits per heavy atom. The Labute approximate surface area is 84.8 Å². The molecular weight excluding hydrogens is 202 g/mol. The summed E-state index contributed by atoms with van der Waals surface area (Å²) in [4.78, 5) is 0.967. The Morgan fingerprint density at radius 1 is 1.00 bits per heavy atom. The van der Waals surface area contributed by atoms with Crippen molar-refractivity contribution >= 4 is 11.3 Å². The minimum Gasteiger partial charge on any atom is -0.207 e. The second-order valence-corrected chi connectivity index (χ2v) is 3.99. The van der Waals surface area contributed by atoms with Crippen molar-refractivity contribution in [2.24, 2.45) is 0 Å². The molecule has 0 nitrogen and oxygen atoms in total. The summed E-state index contributed by atoms with van der Waals surface area (Å²) in [6.45, 7) is 0. The predicted octanol–water partition coefficient (Wildman–Crippen LogP) is 3.62. The summed E-state index contributed by atoms with van der Waals surface area (Å²) in [7, 11) is 0. The average molecular weight is 210 g/mol. The smallest absolute Gasteiger partial charge is 0.129 e. The maximum absolute atomic E-state index is 13.2. The van der Waals surface area contributed by atoms with E-state index in [1.807, 2.05) is 17.5 Å².